The molecule has 1 N–H and O–H groups in total. The number of aryl methyl sites for hydroxylation is 1. The number of rotatable bonds is 3. The SMILES string of the molecule is Cc1nc(N2CCCC(F)(F)CC2)c(C(=O)Nc2ccc(F)c(C#N)c2)cc1C#N. The predicted octanol–water partition coefficient (Wildman–Crippen LogP) is 4.15. The lowest BCUT2D eigenvalue weighted by Gasteiger charge is -2.24. The summed E-state index contributed by atoms with van der Waals surface area (Å²) >= 11 is 0. The second kappa shape index (κ2) is 8.42. The predicted molar refractivity (Wildman–Crippen MR) is 104 cm³/mol. The topological polar surface area (TPSA) is 92.8 Å². The smallest absolute Gasteiger partial charge is 0.259 e. The second-order valence-corrected chi connectivity index (χ2v) is 7.06. The zero-order chi connectivity index (χ0) is 21.9. The Morgan fingerprint density at radius 1 is 1.17 bits per heavy atom. The van der Waals surface area contributed by atoms with E-state index in [0.29, 0.717) is 12.2 Å². The molecular weight excluding hydrogens is 395 g/mol. The maximum atomic E-state index is 13.8. The van der Waals surface area contributed by atoms with E-state index in [1.165, 1.54) is 18.2 Å². The van der Waals surface area contributed by atoms with Crippen LogP contribution in [-0.2, 0) is 0 Å². The molecule has 0 unspecified atom stereocenters. The number of nitrogens with one attached hydrogen (secondary N) is 1. The molecule has 3 rings (SSSR count). The number of halogens is 3. The first-order valence-electron chi connectivity index (χ1n) is 9.29. The summed E-state index contributed by atoms with van der Waals surface area (Å²) in [5, 5.41) is 20.8. The van der Waals surface area contributed by atoms with Crippen molar-refractivity contribution in [1.82, 2.24) is 4.98 Å². The van der Waals surface area contributed by atoms with Gasteiger partial charge in [-0.1, -0.05) is 0 Å². The summed E-state index contributed by atoms with van der Waals surface area (Å²) in [6.45, 7) is 1.92. The molecule has 1 amide bonds. The van der Waals surface area contributed by atoms with Crippen molar-refractivity contribution in [3.63, 3.8) is 0 Å². The normalized spacial score (nSPS) is 15.6. The van der Waals surface area contributed by atoms with Gasteiger partial charge in [0.1, 0.15) is 23.8 Å². The zero-order valence-corrected chi connectivity index (χ0v) is 16.2. The highest BCUT2D eigenvalue weighted by Crippen LogP contribution is 2.31. The van der Waals surface area contributed by atoms with Crippen LogP contribution in [0.4, 0.5) is 24.7 Å². The number of hydrogen-bond donors (Lipinski definition) is 1. The number of nitrogens with zero attached hydrogens (tertiary/aromatic N) is 4. The molecule has 2 heterocycles. The summed E-state index contributed by atoms with van der Waals surface area (Å²) in [6.07, 6.45) is -0.372. The van der Waals surface area contributed by atoms with Crippen molar-refractivity contribution in [2.45, 2.75) is 32.1 Å². The monoisotopic (exact) mass is 413 g/mol. The Morgan fingerprint density at radius 2 is 1.90 bits per heavy atom. The van der Waals surface area contributed by atoms with Crippen molar-refractivity contribution in [1.29, 1.82) is 10.5 Å². The van der Waals surface area contributed by atoms with E-state index in [2.05, 4.69) is 10.3 Å². The van der Waals surface area contributed by atoms with Crippen LogP contribution in [0, 0.1) is 35.4 Å². The van der Waals surface area contributed by atoms with Crippen molar-refractivity contribution >= 4 is 17.4 Å². The lowest BCUT2D eigenvalue weighted by atomic mass is 10.1. The Kier molecular flexibility index (Phi) is 5.93. The van der Waals surface area contributed by atoms with Crippen molar-refractivity contribution in [3.8, 4) is 12.1 Å². The summed E-state index contributed by atoms with van der Waals surface area (Å²) in [7, 11) is 0. The van der Waals surface area contributed by atoms with Gasteiger partial charge in [0.2, 0.25) is 5.92 Å². The second-order valence-electron chi connectivity index (χ2n) is 7.06. The van der Waals surface area contributed by atoms with Gasteiger partial charge >= 0.3 is 0 Å². The fraction of sp³-hybridized carbons (Fsp3) is 0.333. The van der Waals surface area contributed by atoms with Crippen LogP contribution >= 0.6 is 0 Å². The van der Waals surface area contributed by atoms with Gasteiger partial charge in [-0.05, 0) is 37.6 Å². The van der Waals surface area contributed by atoms with Gasteiger partial charge in [0.05, 0.1) is 22.4 Å². The Morgan fingerprint density at radius 3 is 2.60 bits per heavy atom. The molecule has 9 heteroatoms. The Labute approximate surface area is 171 Å². The molecule has 1 fully saturated rings. The van der Waals surface area contributed by atoms with Crippen molar-refractivity contribution in [2.24, 2.45) is 0 Å². The van der Waals surface area contributed by atoms with Crippen LogP contribution < -0.4 is 10.2 Å². The molecular formula is C21H18F3N5O. The number of aromatic nitrogens is 1. The fourth-order valence-electron chi connectivity index (χ4n) is 3.28. The molecule has 0 radical (unpaired) electrons. The standard InChI is InChI=1S/C21H18F3N5O/c1-13-14(11-25)10-17(19(27-13)29-7-2-5-21(23,24)6-8-29)20(30)28-16-3-4-18(22)15(9-16)12-26/h3-4,9-10H,2,5-8H2,1H3,(H,28,30). The largest absolute Gasteiger partial charge is 0.356 e. The average molecular weight is 413 g/mol. The van der Waals surface area contributed by atoms with Crippen LogP contribution in [0.5, 0.6) is 0 Å². The number of carbonyl (C=O) groups excluding carboxylic acids is 1. The third-order valence-corrected chi connectivity index (χ3v) is 4.92. The van der Waals surface area contributed by atoms with E-state index < -0.39 is 17.6 Å². The lowest BCUT2D eigenvalue weighted by Crippen LogP contribution is -2.29. The summed E-state index contributed by atoms with van der Waals surface area (Å²) in [6, 6.07) is 8.56. The molecule has 1 saturated heterocycles. The minimum atomic E-state index is -2.78. The van der Waals surface area contributed by atoms with E-state index in [0.717, 1.165) is 6.07 Å². The van der Waals surface area contributed by atoms with Crippen LogP contribution in [0.1, 0.15) is 46.4 Å². The van der Waals surface area contributed by atoms with Crippen molar-refractivity contribution in [3.05, 3.63) is 52.5 Å². The highest BCUT2D eigenvalue weighted by molar-refractivity contribution is 6.08. The number of alkyl halides is 2. The summed E-state index contributed by atoms with van der Waals surface area (Å²) < 4.78 is 41.1. The van der Waals surface area contributed by atoms with Gasteiger partial charge in [-0.3, -0.25) is 4.79 Å². The van der Waals surface area contributed by atoms with Crippen molar-refractivity contribution in [2.75, 3.05) is 23.3 Å². The number of hydrogen-bond acceptors (Lipinski definition) is 5. The van der Waals surface area contributed by atoms with Gasteiger partial charge in [-0.15, -0.1) is 0 Å². The van der Waals surface area contributed by atoms with Gasteiger partial charge < -0.3 is 10.2 Å². The van der Waals surface area contributed by atoms with E-state index in [1.807, 2.05) is 6.07 Å². The van der Waals surface area contributed by atoms with Crippen LogP contribution in [0.25, 0.3) is 0 Å². The van der Waals surface area contributed by atoms with Gasteiger partial charge in [0, 0.05) is 31.6 Å². The number of carbonyl (C=O) groups is 1. The molecule has 1 aromatic heterocycles. The number of benzene rings is 1. The molecule has 0 bridgehead atoms. The van der Waals surface area contributed by atoms with E-state index in [1.54, 1.807) is 17.9 Å². The van der Waals surface area contributed by atoms with Crippen LogP contribution in [0.3, 0.4) is 0 Å². The third kappa shape index (κ3) is 4.52. The quantitative estimate of drug-likeness (QED) is 0.816. The summed E-state index contributed by atoms with van der Waals surface area (Å²) in [5.74, 6) is -3.92. The molecule has 1 aliphatic rings. The molecule has 30 heavy (non-hydrogen) atoms. The van der Waals surface area contributed by atoms with Crippen LogP contribution in [0.15, 0.2) is 24.3 Å². The molecule has 0 aliphatic carbocycles. The third-order valence-electron chi connectivity index (χ3n) is 4.92. The zero-order valence-electron chi connectivity index (χ0n) is 16.2. The van der Waals surface area contributed by atoms with Crippen molar-refractivity contribution < 1.29 is 18.0 Å². The average Bonchev–Trinajstić information content (AvgIpc) is 2.89. The number of nitriles is 2. The molecule has 6 nitrogen and oxygen atoms in total. The number of pyridine rings is 1. The maximum Gasteiger partial charge on any atom is 0.259 e. The molecule has 0 spiro atoms. The number of anilines is 2. The Balaban J connectivity index is 1.97. The van der Waals surface area contributed by atoms with Crippen LogP contribution in [-0.4, -0.2) is 29.9 Å². The first-order chi connectivity index (χ1) is 14.2. The van der Waals surface area contributed by atoms with Gasteiger partial charge in [-0.2, -0.15) is 10.5 Å². The maximum absolute atomic E-state index is 13.8. The summed E-state index contributed by atoms with van der Waals surface area (Å²) in [4.78, 5) is 18.9. The Hall–Kier alpha value is -3.59. The van der Waals surface area contributed by atoms with Gasteiger partial charge in [-0.25, -0.2) is 18.2 Å². The fourth-order valence-corrected chi connectivity index (χ4v) is 3.28. The highest BCUT2D eigenvalue weighted by atomic mass is 19.3. The van der Waals surface area contributed by atoms with E-state index >= 15 is 0 Å². The van der Waals surface area contributed by atoms with E-state index in [4.69, 9.17) is 5.26 Å². The lowest BCUT2D eigenvalue weighted by molar-refractivity contribution is -0.0102. The van der Waals surface area contributed by atoms with Gasteiger partial charge in [0.15, 0.2) is 0 Å². The van der Waals surface area contributed by atoms with E-state index in [-0.39, 0.29) is 54.0 Å². The highest BCUT2D eigenvalue weighted by Gasteiger charge is 2.33. The molecule has 1 aliphatic heterocycles. The molecule has 1 aromatic carbocycles. The molecule has 0 atom stereocenters. The van der Waals surface area contributed by atoms with Gasteiger partial charge in [0.25, 0.3) is 5.91 Å². The summed E-state index contributed by atoms with van der Waals surface area (Å²) in [5.41, 5.74) is 0.563. The molecule has 0 saturated carbocycles. The molecule has 2 aromatic rings. The number of amides is 1. The first-order valence-corrected chi connectivity index (χ1v) is 9.29. The first kappa shape index (κ1) is 21.1. The van der Waals surface area contributed by atoms with Crippen LogP contribution in [0.2, 0.25) is 0 Å². The molecule has 154 valence electrons. The minimum Gasteiger partial charge on any atom is -0.356 e. The van der Waals surface area contributed by atoms with E-state index in [9.17, 15) is 23.2 Å². The minimum absolute atomic E-state index is 0.0146. The Bertz CT molecular complexity index is 1070.